The first-order valence-corrected chi connectivity index (χ1v) is 6.33. The third kappa shape index (κ3) is 2.24. The molecule has 2 fully saturated rings. The van der Waals surface area contributed by atoms with Gasteiger partial charge in [-0.15, -0.1) is 0 Å². The Morgan fingerprint density at radius 1 is 1.25 bits per heavy atom. The molecule has 3 nitrogen and oxygen atoms in total. The van der Waals surface area contributed by atoms with Crippen molar-refractivity contribution in [1.82, 2.24) is 0 Å². The second-order valence-electron chi connectivity index (χ2n) is 6.36. The molecule has 0 aromatic heterocycles. The molecular weight excluding hydrogens is 202 g/mol. The van der Waals surface area contributed by atoms with E-state index in [0.717, 1.165) is 19.4 Å². The molecule has 0 spiro atoms. The number of carbonyl (C=O) groups is 1. The van der Waals surface area contributed by atoms with E-state index in [-0.39, 0.29) is 17.5 Å². The number of rotatable bonds is 2. The van der Waals surface area contributed by atoms with Gasteiger partial charge in [-0.3, -0.25) is 4.79 Å². The molecular formula is C13H23NO2. The Morgan fingerprint density at radius 3 is 2.38 bits per heavy atom. The van der Waals surface area contributed by atoms with Gasteiger partial charge in [-0.05, 0) is 64.3 Å². The zero-order valence-electron chi connectivity index (χ0n) is 10.5. The van der Waals surface area contributed by atoms with E-state index in [9.17, 15) is 4.79 Å². The zero-order valence-corrected chi connectivity index (χ0v) is 10.5. The highest BCUT2D eigenvalue weighted by Gasteiger charge is 2.48. The molecule has 0 saturated heterocycles. The molecule has 2 bridgehead atoms. The quantitative estimate of drug-likeness (QED) is 0.731. The number of ether oxygens (including phenoxy) is 1. The second-order valence-corrected chi connectivity index (χ2v) is 6.36. The Morgan fingerprint density at radius 2 is 1.94 bits per heavy atom. The average Bonchev–Trinajstić information content (AvgIpc) is 2.72. The van der Waals surface area contributed by atoms with Gasteiger partial charge >= 0.3 is 5.97 Å². The summed E-state index contributed by atoms with van der Waals surface area (Å²) in [7, 11) is 0. The Balaban J connectivity index is 1.93. The summed E-state index contributed by atoms with van der Waals surface area (Å²) in [6, 6.07) is 0. The van der Waals surface area contributed by atoms with E-state index in [4.69, 9.17) is 10.5 Å². The first kappa shape index (κ1) is 11.9. The van der Waals surface area contributed by atoms with E-state index in [0.29, 0.717) is 17.8 Å². The van der Waals surface area contributed by atoms with Gasteiger partial charge in [0, 0.05) is 0 Å². The maximum Gasteiger partial charge on any atom is 0.309 e. The Hall–Kier alpha value is -0.570. The predicted molar refractivity (Wildman–Crippen MR) is 62.7 cm³/mol. The first-order valence-electron chi connectivity index (χ1n) is 6.33. The van der Waals surface area contributed by atoms with Crippen molar-refractivity contribution in [2.24, 2.45) is 29.4 Å². The lowest BCUT2D eigenvalue weighted by Gasteiger charge is -2.28. The molecule has 3 heteroatoms. The molecule has 0 aliphatic heterocycles. The van der Waals surface area contributed by atoms with Crippen LogP contribution in [0.5, 0.6) is 0 Å². The Kier molecular flexibility index (Phi) is 2.99. The van der Waals surface area contributed by atoms with Crippen LogP contribution in [0.2, 0.25) is 0 Å². The first-order chi connectivity index (χ1) is 7.40. The van der Waals surface area contributed by atoms with E-state index in [1.807, 2.05) is 20.8 Å². The van der Waals surface area contributed by atoms with Gasteiger partial charge < -0.3 is 10.5 Å². The minimum atomic E-state index is -0.355. The van der Waals surface area contributed by atoms with Crippen molar-refractivity contribution in [1.29, 1.82) is 0 Å². The van der Waals surface area contributed by atoms with Gasteiger partial charge in [-0.2, -0.15) is 0 Å². The summed E-state index contributed by atoms with van der Waals surface area (Å²) < 4.78 is 5.47. The number of nitrogens with two attached hydrogens (primary N) is 1. The van der Waals surface area contributed by atoms with Crippen molar-refractivity contribution >= 4 is 5.97 Å². The molecule has 0 aromatic carbocycles. The van der Waals surface area contributed by atoms with Crippen LogP contribution in [-0.2, 0) is 9.53 Å². The van der Waals surface area contributed by atoms with Gasteiger partial charge in [-0.25, -0.2) is 0 Å². The minimum Gasteiger partial charge on any atom is -0.460 e. The van der Waals surface area contributed by atoms with Crippen LogP contribution in [0.3, 0.4) is 0 Å². The second kappa shape index (κ2) is 4.02. The lowest BCUT2D eigenvalue weighted by molar-refractivity contribution is -0.162. The van der Waals surface area contributed by atoms with Gasteiger partial charge in [-0.1, -0.05) is 0 Å². The molecule has 4 unspecified atom stereocenters. The third-order valence-corrected chi connectivity index (χ3v) is 4.02. The molecule has 2 aliphatic carbocycles. The minimum absolute atomic E-state index is 0.00970. The molecule has 2 saturated carbocycles. The standard InChI is InChI=1S/C13H23NO2/c1-13(2,3)16-12(15)11-6-8-4-9(11)5-10(8)7-14/h8-11H,4-7,14H2,1-3H3. The van der Waals surface area contributed by atoms with Gasteiger partial charge in [0.15, 0.2) is 0 Å². The van der Waals surface area contributed by atoms with Crippen molar-refractivity contribution < 1.29 is 9.53 Å². The zero-order chi connectivity index (χ0) is 11.9. The van der Waals surface area contributed by atoms with Crippen molar-refractivity contribution in [2.45, 2.75) is 45.6 Å². The van der Waals surface area contributed by atoms with E-state index >= 15 is 0 Å². The average molecular weight is 225 g/mol. The van der Waals surface area contributed by atoms with E-state index in [1.165, 1.54) is 6.42 Å². The Labute approximate surface area is 97.7 Å². The van der Waals surface area contributed by atoms with E-state index in [1.54, 1.807) is 0 Å². The summed E-state index contributed by atoms with van der Waals surface area (Å²) in [4.78, 5) is 12.0. The fraction of sp³-hybridized carbons (Fsp3) is 0.923. The summed E-state index contributed by atoms with van der Waals surface area (Å²) in [6.07, 6.45) is 3.32. The molecule has 2 rings (SSSR count). The largest absolute Gasteiger partial charge is 0.460 e. The van der Waals surface area contributed by atoms with Crippen LogP contribution in [0.4, 0.5) is 0 Å². The van der Waals surface area contributed by atoms with Crippen molar-refractivity contribution in [3.8, 4) is 0 Å². The number of carbonyl (C=O) groups excluding carboxylic acids is 1. The molecule has 2 aliphatic rings. The van der Waals surface area contributed by atoms with Crippen molar-refractivity contribution in [3.05, 3.63) is 0 Å². The maximum atomic E-state index is 12.0. The SMILES string of the molecule is CC(C)(C)OC(=O)C1CC2CC1CC2CN. The topological polar surface area (TPSA) is 52.3 Å². The van der Waals surface area contributed by atoms with E-state index in [2.05, 4.69) is 0 Å². The summed E-state index contributed by atoms with van der Waals surface area (Å²) in [5, 5.41) is 0. The van der Waals surface area contributed by atoms with Crippen LogP contribution in [0, 0.1) is 23.7 Å². The van der Waals surface area contributed by atoms with Crippen LogP contribution in [0.25, 0.3) is 0 Å². The highest BCUT2D eigenvalue weighted by atomic mass is 16.6. The maximum absolute atomic E-state index is 12.0. The number of esters is 1. The molecule has 16 heavy (non-hydrogen) atoms. The van der Waals surface area contributed by atoms with Crippen LogP contribution in [-0.4, -0.2) is 18.1 Å². The molecule has 0 amide bonds. The number of hydrogen-bond acceptors (Lipinski definition) is 3. The number of hydrogen-bond donors (Lipinski definition) is 1. The highest BCUT2D eigenvalue weighted by Crippen LogP contribution is 2.51. The predicted octanol–water partition coefficient (Wildman–Crippen LogP) is 1.95. The lowest BCUT2D eigenvalue weighted by atomic mass is 9.82. The molecule has 2 N–H and O–H groups in total. The summed E-state index contributed by atoms with van der Waals surface area (Å²) in [5.74, 6) is 2.02. The molecule has 0 heterocycles. The van der Waals surface area contributed by atoms with Crippen LogP contribution in [0.15, 0.2) is 0 Å². The van der Waals surface area contributed by atoms with Gasteiger partial charge in [0.25, 0.3) is 0 Å². The van der Waals surface area contributed by atoms with Gasteiger partial charge in [0.1, 0.15) is 5.60 Å². The lowest BCUT2D eigenvalue weighted by Crippen LogP contribution is -2.33. The van der Waals surface area contributed by atoms with E-state index < -0.39 is 0 Å². The molecule has 0 aromatic rings. The smallest absolute Gasteiger partial charge is 0.309 e. The monoisotopic (exact) mass is 225 g/mol. The molecule has 0 radical (unpaired) electrons. The fourth-order valence-corrected chi connectivity index (χ4v) is 3.35. The van der Waals surface area contributed by atoms with Crippen LogP contribution in [0.1, 0.15) is 40.0 Å². The van der Waals surface area contributed by atoms with Crippen molar-refractivity contribution in [3.63, 3.8) is 0 Å². The summed E-state index contributed by atoms with van der Waals surface area (Å²) in [6.45, 7) is 6.57. The van der Waals surface area contributed by atoms with Gasteiger partial charge in [0.2, 0.25) is 0 Å². The van der Waals surface area contributed by atoms with Gasteiger partial charge in [0.05, 0.1) is 5.92 Å². The van der Waals surface area contributed by atoms with Crippen LogP contribution < -0.4 is 5.73 Å². The van der Waals surface area contributed by atoms with Crippen molar-refractivity contribution in [2.75, 3.05) is 6.54 Å². The normalized spacial score (nSPS) is 37.8. The fourth-order valence-electron chi connectivity index (χ4n) is 3.35. The van der Waals surface area contributed by atoms with Crippen LogP contribution >= 0.6 is 0 Å². The number of fused-ring (bicyclic) bond motifs is 2. The highest BCUT2D eigenvalue weighted by molar-refractivity contribution is 5.74. The molecule has 92 valence electrons. The summed E-state index contributed by atoms with van der Waals surface area (Å²) >= 11 is 0. The molecule has 4 atom stereocenters. The summed E-state index contributed by atoms with van der Waals surface area (Å²) in [5.41, 5.74) is 5.37. The Bertz CT molecular complexity index is 282. The third-order valence-electron chi connectivity index (χ3n) is 4.02.